The number of para-hydroxylation sites is 1. The van der Waals surface area contributed by atoms with Crippen molar-refractivity contribution < 1.29 is 18.7 Å². The van der Waals surface area contributed by atoms with E-state index in [9.17, 15) is 9.59 Å². The molecule has 1 aromatic heterocycles. The minimum absolute atomic E-state index is 0.130. The van der Waals surface area contributed by atoms with E-state index in [2.05, 4.69) is 5.32 Å². The number of hydrogen-bond donors (Lipinski definition) is 1. The van der Waals surface area contributed by atoms with Crippen LogP contribution in [0, 0.1) is 0 Å². The number of furan rings is 1. The maximum absolute atomic E-state index is 12.5. The van der Waals surface area contributed by atoms with Crippen molar-refractivity contribution in [2.24, 2.45) is 0 Å². The minimum Gasteiger partial charge on any atom is -0.462 e. The van der Waals surface area contributed by atoms with Crippen LogP contribution in [0.1, 0.15) is 18.2 Å². The molecule has 0 fully saturated rings. The Morgan fingerprint density at radius 2 is 2.00 bits per heavy atom. The molecule has 2 aromatic carbocycles. The number of halogens is 1. The number of hydrogen-bond acceptors (Lipinski definition) is 5. The van der Waals surface area contributed by atoms with E-state index in [0.29, 0.717) is 39.5 Å². The number of benzene rings is 2. The smallest absolute Gasteiger partial charge is 0.342 e. The summed E-state index contributed by atoms with van der Waals surface area (Å²) in [5.41, 5.74) is 2.07. The zero-order valence-electron chi connectivity index (χ0n) is 14.9. The van der Waals surface area contributed by atoms with Gasteiger partial charge in [0, 0.05) is 23.0 Å². The van der Waals surface area contributed by atoms with Gasteiger partial charge in [-0.05, 0) is 36.8 Å². The van der Waals surface area contributed by atoms with Gasteiger partial charge in [-0.25, -0.2) is 4.79 Å². The summed E-state index contributed by atoms with van der Waals surface area (Å²) in [5, 5.41) is 4.41. The molecule has 0 radical (unpaired) electrons. The molecule has 3 aromatic rings. The average Bonchev–Trinajstić information content (AvgIpc) is 3.04. The van der Waals surface area contributed by atoms with Gasteiger partial charge in [0.2, 0.25) is 0 Å². The van der Waals surface area contributed by atoms with Crippen LogP contribution in [-0.4, -0.2) is 25.9 Å². The molecule has 0 unspecified atom stereocenters. The van der Waals surface area contributed by atoms with Gasteiger partial charge >= 0.3 is 5.97 Å². The molecule has 0 bridgehead atoms. The lowest BCUT2D eigenvalue weighted by molar-refractivity contribution is -0.139. The maximum atomic E-state index is 12.5. The van der Waals surface area contributed by atoms with E-state index in [1.54, 1.807) is 38.2 Å². The molecule has 1 N–H and O–H groups in total. The SMILES string of the molecule is CCOC(=O)/C(C=O)=C(\c1cccc(Cl)c1)c1oc2ccccc2c1NC. The standard InChI is InChI=1S/C21H18ClNO4/c1-3-26-21(25)16(12-24)18(13-7-6-8-14(22)11-13)20-19(23-2)15-9-4-5-10-17(15)27-20/h4-12,23H,3H2,1-2H3/b18-16+. The molecule has 0 atom stereocenters. The van der Waals surface area contributed by atoms with Crippen molar-refractivity contribution in [2.75, 3.05) is 19.0 Å². The van der Waals surface area contributed by atoms with E-state index in [1.165, 1.54) is 0 Å². The van der Waals surface area contributed by atoms with Gasteiger partial charge in [0.05, 0.1) is 12.3 Å². The van der Waals surface area contributed by atoms with Crippen LogP contribution in [-0.2, 0) is 14.3 Å². The number of aldehydes is 1. The zero-order valence-corrected chi connectivity index (χ0v) is 15.7. The molecule has 0 amide bonds. The fourth-order valence-corrected chi connectivity index (χ4v) is 3.13. The molecule has 0 aliphatic rings. The van der Waals surface area contributed by atoms with Crippen LogP contribution in [0.5, 0.6) is 0 Å². The number of carbonyl (C=O) groups excluding carboxylic acids is 2. The lowest BCUT2D eigenvalue weighted by Crippen LogP contribution is -2.12. The Morgan fingerprint density at radius 1 is 1.22 bits per heavy atom. The van der Waals surface area contributed by atoms with Gasteiger partial charge in [0.1, 0.15) is 11.2 Å². The summed E-state index contributed by atoms with van der Waals surface area (Å²) in [6, 6.07) is 14.3. The summed E-state index contributed by atoms with van der Waals surface area (Å²) < 4.78 is 11.1. The Hall–Kier alpha value is -3.05. The van der Waals surface area contributed by atoms with Crippen molar-refractivity contribution in [1.82, 2.24) is 0 Å². The predicted molar refractivity (Wildman–Crippen MR) is 106 cm³/mol. The van der Waals surface area contributed by atoms with Gasteiger partial charge in [0.15, 0.2) is 12.0 Å². The summed E-state index contributed by atoms with van der Waals surface area (Å²) in [5.74, 6) is -0.346. The van der Waals surface area contributed by atoms with Crippen molar-refractivity contribution in [3.63, 3.8) is 0 Å². The second-order valence-corrected chi connectivity index (χ2v) is 6.13. The first-order valence-corrected chi connectivity index (χ1v) is 8.80. The maximum Gasteiger partial charge on any atom is 0.342 e. The molecule has 1 heterocycles. The van der Waals surface area contributed by atoms with Gasteiger partial charge in [-0.3, -0.25) is 4.79 Å². The number of esters is 1. The Kier molecular flexibility index (Phi) is 5.62. The van der Waals surface area contributed by atoms with Crippen LogP contribution < -0.4 is 5.32 Å². The molecule has 5 nitrogen and oxygen atoms in total. The van der Waals surface area contributed by atoms with Crippen LogP contribution in [0.15, 0.2) is 58.5 Å². The number of fused-ring (bicyclic) bond motifs is 1. The molecular formula is C21H18ClNO4. The monoisotopic (exact) mass is 383 g/mol. The van der Waals surface area contributed by atoms with Crippen LogP contribution >= 0.6 is 11.6 Å². The van der Waals surface area contributed by atoms with Crippen LogP contribution in [0.2, 0.25) is 5.02 Å². The summed E-state index contributed by atoms with van der Waals surface area (Å²) in [6.07, 6.45) is 0.487. The van der Waals surface area contributed by atoms with E-state index in [4.69, 9.17) is 20.8 Å². The third-order valence-corrected chi connectivity index (χ3v) is 4.30. The highest BCUT2D eigenvalue weighted by Crippen LogP contribution is 2.39. The summed E-state index contributed by atoms with van der Waals surface area (Å²) in [6.45, 7) is 1.83. The molecule has 27 heavy (non-hydrogen) atoms. The first-order chi connectivity index (χ1) is 13.1. The van der Waals surface area contributed by atoms with E-state index >= 15 is 0 Å². The molecule has 0 spiro atoms. The fourth-order valence-electron chi connectivity index (χ4n) is 2.94. The van der Waals surface area contributed by atoms with Gasteiger partial charge in [-0.2, -0.15) is 0 Å². The molecule has 0 saturated carbocycles. The molecule has 0 aliphatic carbocycles. The minimum atomic E-state index is -0.718. The quantitative estimate of drug-likeness (QED) is 0.220. The van der Waals surface area contributed by atoms with E-state index < -0.39 is 5.97 Å². The number of carbonyl (C=O) groups is 2. The second-order valence-electron chi connectivity index (χ2n) is 5.69. The number of rotatable bonds is 6. The highest BCUT2D eigenvalue weighted by atomic mass is 35.5. The van der Waals surface area contributed by atoms with Crippen molar-refractivity contribution >= 4 is 46.1 Å². The predicted octanol–water partition coefficient (Wildman–Crippen LogP) is 4.69. The van der Waals surface area contributed by atoms with Gasteiger partial charge in [-0.1, -0.05) is 35.9 Å². The van der Waals surface area contributed by atoms with E-state index in [0.717, 1.165) is 5.39 Å². The van der Waals surface area contributed by atoms with Gasteiger partial charge < -0.3 is 14.5 Å². The van der Waals surface area contributed by atoms with Crippen LogP contribution in [0.4, 0.5) is 5.69 Å². The van der Waals surface area contributed by atoms with Crippen molar-refractivity contribution in [2.45, 2.75) is 6.92 Å². The van der Waals surface area contributed by atoms with Crippen LogP contribution in [0.25, 0.3) is 16.5 Å². The highest BCUT2D eigenvalue weighted by molar-refractivity contribution is 6.31. The van der Waals surface area contributed by atoms with Crippen molar-refractivity contribution in [3.8, 4) is 0 Å². The first kappa shape index (κ1) is 18.7. The highest BCUT2D eigenvalue weighted by Gasteiger charge is 2.25. The molecule has 0 saturated heterocycles. The van der Waals surface area contributed by atoms with Crippen molar-refractivity contribution in [1.29, 1.82) is 0 Å². The summed E-state index contributed by atoms with van der Waals surface area (Å²) >= 11 is 6.14. The Balaban J connectivity index is 2.37. The zero-order chi connectivity index (χ0) is 19.4. The van der Waals surface area contributed by atoms with Crippen LogP contribution in [0.3, 0.4) is 0 Å². The Bertz CT molecular complexity index is 1040. The molecule has 3 rings (SSSR count). The molecule has 0 aliphatic heterocycles. The van der Waals surface area contributed by atoms with E-state index in [1.807, 2.05) is 24.3 Å². The Labute approximate surface area is 161 Å². The van der Waals surface area contributed by atoms with Crippen molar-refractivity contribution in [3.05, 3.63) is 70.5 Å². The largest absolute Gasteiger partial charge is 0.462 e. The number of nitrogens with one attached hydrogen (secondary N) is 1. The summed E-state index contributed by atoms with van der Waals surface area (Å²) in [4.78, 5) is 24.3. The topological polar surface area (TPSA) is 68.5 Å². The lowest BCUT2D eigenvalue weighted by Gasteiger charge is -2.12. The number of ether oxygens (including phenoxy) is 1. The molecule has 6 heteroatoms. The normalized spacial score (nSPS) is 11.8. The number of anilines is 1. The average molecular weight is 384 g/mol. The molecular weight excluding hydrogens is 366 g/mol. The second kappa shape index (κ2) is 8.10. The van der Waals surface area contributed by atoms with E-state index in [-0.39, 0.29) is 12.2 Å². The third-order valence-electron chi connectivity index (χ3n) is 4.07. The third kappa shape index (κ3) is 3.59. The van der Waals surface area contributed by atoms with Gasteiger partial charge in [0.25, 0.3) is 0 Å². The fraction of sp³-hybridized carbons (Fsp3) is 0.143. The summed E-state index contributed by atoms with van der Waals surface area (Å²) in [7, 11) is 1.75. The lowest BCUT2D eigenvalue weighted by atomic mass is 9.96. The Morgan fingerprint density at radius 3 is 2.67 bits per heavy atom. The molecule has 138 valence electrons. The van der Waals surface area contributed by atoms with Gasteiger partial charge in [-0.15, -0.1) is 0 Å². The first-order valence-electron chi connectivity index (χ1n) is 8.42.